The highest BCUT2D eigenvalue weighted by atomic mass is 79.9. The van der Waals surface area contributed by atoms with E-state index < -0.39 is 22.5 Å². The summed E-state index contributed by atoms with van der Waals surface area (Å²) in [6, 6.07) is 15.1. The van der Waals surface area contributed by atoms with E-state index in [-0.39, 0.29) is 4.90 Å². The lowest BCUT2D eigenvalue weighted by Gasteiger charge is -2.24. The first-order chi connectivity index (χ1) is 14.7. The SMILES string of the molecule is Cc1ccc(N(CC(=O)NN=Cc2cc(Br)c(C)o2)S(=O)(=O)c2ccc(C)cc2)cc1. The van der Waals surface area contributed by atoms with Crippen LogP contribution in [0.5, 0.6) is 0 Å². The number of benzene rings is 2. The van der Waals surface area contributed by atoms with Gasteiger partial charge < -0.3 is 4.42 Å². The van der Waals surface area contributed by atoms with Crippen LogP contribution in [-0.2, 0) is 14.8 Å². The predicted molar refractivity (Wildman–Crippen MR) is 124 cm³/mol. The molecule has 0 fully saturated rings. The average molecular weight is 504 g/mol. The summed E-state index contributed by atoms with van der Waals surface area (Å²) >= 11 is 3.33. The Kier molecular flexibility index (Phi) is 6.97. The van der Waals surface area contributed by atoms with E-state index in [1.807, 2.05) is 13.8 Å². The molecule has 31 heavy (non-hydrogen) atoms. The summed E-state index contributed by atoms with van der Waals surface area (Å²) in [7, 11) is -3.96. The van der Waals surface area contributed by atoms with E-state index >= 15 is 0 Å². The molecule has 2 aromatic carbocycles. The number of nitrogens with one attached hydrogen (secondary N) is 1. The Morgan fingerprint density at radius 3 is 2.19 bits per heavy atom. The van der Waals surface area contributed by atoms with Crippen LogP contribution in [0, 0.1) is 20.8 Å². The van der Waals surface area contributed by atoms with Crippen molar-refractivity contribution < 1.29 is 17.6 Å². The van der Waals surface area contributed by atoms with Crippen molar-refractivity contribution in [1.82, 2.24) is 5.43 Å². The Bertz CT molecular complexity index is 1180. The molecule has 1 heterocycles. The second kappa shape index (κ2) is 9.49. The highest BCUT2D eigenvalue weighted by Crippen LogP contribution is 2.24. The van der Waals surface area contributed by atoms with Crippen molar-refractivity contribution in [1.29, 1.82) is 0 Å². The van der Waals surface area contributed by atoms with Gasteiger partial charge in [0, 0.05) is 6.07 Å². The molecule has 0 bridgehead atoms. The van der Waals surface area contributed by atoms with E-state index in [0.29, 0.717) is 17.2 Å². The molecule has 1 amide bonds. The molecule has 0 saturated carbocycles. The summed E-state index contributed by atoms with van der Waals surface area (Å²) in [4.78, 5) is 12.6. The first-order valence-electron chi connectivity index (χ1n) is 9.41. The summed E-state index contributed by atoms with van der Waals surface area (Å²) < 4.78 is 33.9. The number of rotatable bonds is 7. The molecular formula is C22H22BrN3O4S. The van der Waals surface area contributed by atoms with Crippen LogP contribution >= 0.6 is 15.9 Å². The minimum absolute atomic E-state index is 0.103. The highest BCUT2D eigenvalue weighted by molar-refractivity contribution is 9.10. The number of anilines is 1. The van der Waals surface area contributed by atoms with Crippen molar-refractivity contribution >= 4 is 43.8 Å². The zero-order valence-electron chi connectivity index (χ0n) is 17.3. The standard InChI is InChI=1S/C22H22BrN3O4S/c1-15-4-8-18(9-5-15)26(31(28,29)20-10-6-16(2)7-11-20)14-22(27)25-24-13-19-12-21(23)17(3)30-19/h4-13H,14H2,1-3H3,(H,25,27). The van der Waals surface area contributed by atoms with Crippen LogP contribution in [0.15, 0.2) is 73.5 Å². The van der Waals surface area contributed by atoms with Crippen molar-refractivity contribution in [2.45, 2.75) is 25.7 Å². The monoisotopic (exact) mass is 503 g/mol. The fourth-order valence-electron chi connectivity index (χ4n) is 2.74. The van der Waals surface area contributed by atoms with Gasteiger partial charge in [0.2, 0.25) is 0 Å². The molecule has 162 valence electrons. The summed E-state index contributed by atoms with van der Waals surface area (Å²) in [5.74, 6) is 0.546. The lowest BCUT2D eigenvalue weighted by atomic mass is 10.2. The third-order valence-electron chi connectivity index (χ3n) is 4.48. The third kappa shape index (κ3) is 5.62. The number of hydrazone groups is 1. The number of aryl methyl sites for hydroxylation is 3. The number of carbonyl (C=O) groups excluding carboxylic acids is 1. The highest BCUT2D eigenvalue weighted by Gasteiger charge is 2.27. The molecule has 3 rings (SSSR count). The maximum Gasteiger partial charge on any atom is 0.264 e. The number of amides is 1. The normalized spacial score (nSPS) is 11.6. The van der Waals surface area contributed by atoms with Gasteiger partial charge in [0.1, 0.15) is 18.1 Å². The number of halogens is 1. The summed E-state index contributed by atoms with van der Waals surface area (Å²) in [6.45, 7) is 5.13. The van der Waals surface area contributed by atoms with Gasteiger partial charge in [-0.25, -0.2) is 13.8 Å². The second-order valence-corrected chi connectivity index (χ2v) is 9.72. The Balaban J connectivity index is 1.83. The number of hydrogen-bond donors (Lipinski definition) is 1. The van der Waals surface area contributed by atoms with Crippen LogP contribution < -0.4 is 9.73 Å². The number of hydrogen-bond acceptors (Lipinski definition) is 5. The fourth-order valence-corrected chi connectivity index (χ4v) is 4.47. The molecule has 0 saturated heterocycles. The third-order valence-corrected chi connectivity index (χ3v) is 7.05. The van der Waals surface area contributed by atoms with Gasteiger partial charge in [0.25, 0.3) is 15.9 Å². The Hall–Kier alpha value is -2.91. The molecule has 0 aliphatic carbocycles. The van der Waals surface area contributed by atoms with Gasteiger partial charge in [-0.2, -0.15) is 5.10 Å². The van der Waals surface area contributed by atoms with Crippen molar-refractivity contribution in [3.8, 4) is 0 Å². The Morgan fingerprint density at radius 1 is 1.06 bits per heavy atom. The van der Waals surface area contributed by atoms with E-state index in [1.54, 1.807) is 49.4 Å². The first kappa shape index (κ1) is 22.8. The molecule has 0 unspecified atom stereocenters. The minimum atomic E-state index is -3.96. The molecule has 0 spiro atoms. The number of carbonyl (C=O) groups is 1. The average Bonchev–Trinajstić information content (AvgIpc) is 3.04. The van der Waals surface area contributed by atoms with Crippen LogP contribution in [0.3, 0.4) is 0 Å². The smallest absolute Gasteiger partial charge is 0.264 e. The van der Waals surface area contributed by atoms with E-state index in [9.17, 15) is 13.2 Å². The maximum atomic E-state index is 13.3. The summed E-state index contributed by atoms with van der Waals surface area (Å²) in [5.41, 5.74) is 4.65. The molecule has 1 aromatic heterocycles. The van der Waals surface area contributed by atoms with Crippen molar-refractivity contribution in [3.05, 3.63) is 81.7 Å². The Labute approximate surface area is 189 Å². The molecule has 7 nitrogen and oxygen atoms in total. The summed E-state index contributed by atoms with van der Waals surface area (Å²) in [5, 5.41) is 3.86. The van der Waals surface area contributed by atoms with Crippen molar-refractivity contribution in [2.75, 3.05) is 10.8 Å². The first-order valence-corrected chi connectivity index (χ1v) is 11.6. The maximum absolute atomic E-state index is 13.3. The van der Waals surface area contributed by atoms with E-state index in [2.05, 4.69) is 26.5 Å². The molecule has 0 radical (unpaired) electrons. The predicted octanol–water partition coefficient (Wildman–Crippen LogP) is 4.31. The van der Waals surface area contributed by atoms with Crippen LogP contribution in [0.4, 0.5) is 5.69 Å². The van der Waals surface area contributed by atoms with Crippen LogP contribution in [0.2, 0.25) is 0 Å². The number of nitrogens with zero attached hydrogens (tertiary/aromatic N) is 2. The van der Waals surface area contributed by atoms with Gasteiger partial charge in [-0.3, -0.25) is 9.10 Å². The van der Waals surface area contributed by atoms with Gasteiger partial charge >= 0.3 is 0 Å². The topological polar surface area (TPSA) is 92.0 Å². The lowest BCUT2D eigenvalue weighted by Crippen LogP contribution is -2.39. The van der Waals surface area contributed by atoms with Gasteiger partial charge in [-0.05, 0) is 61.0 Å². The van der Waals surface area contributed by atoms with Crippen LogP contribution in [0.1, 0.15) is 22.6 Å². The summed E-state index contributed by atoms with van der Waals surface area (Å²) in [6.07, 6.45) is 1.35. The largest absolute Gasteiger partial charge is 0.459 e. The molecule has 3 aromatic rings. The van der Waals surface area contributed by atoms with Gasteiger partial charge in [-0.15, -0.1) is 0 Å². The van der Waals surface area contributed by atoms with Gasteiger partial charge in [-0.1, -0.05) is 35.4 Å². The minimum Gasteiger partial charge on any atom is -0.459 e. The van der Waals surface area contributed by atoms with Gasteiger partial charge in [0.15, 0.2) is 0 Å². The molecule has 9 heteroatoms. The fraction of sp³-hybridized carbons (Fsp3) is 0.182. The van der Waals surface area contributed by atoms with E-state index in [1.165, 1.54) is 18.3 Å². The van der Waals surface area contributed by atoms with E-state index in [4.69, 9.17) is 4.42 Å². The second-order valence-electron chi connectivity index (χ2n) is 7.01. The van der Waals surface area contributed by atoms with E-state index in [0.717, 1.165) is 19.9 Å². The number of furan rings is 1. The van der Waals surface area contributed by atoms with Crippen LogP contribution in [-0.4, -0.2) is 27.1 Å². The molecule has 0 aliphatic heterocycles. The Morgan fingerprint density at radius 2 is 1.65 bits per heavy atom. The molecule has 1 N–H and O–H groups in total. The van der Waals surface area contributed by atoms with Crippen molar-refractivity contribution in [2.24, 2.45) is 5.10 Å². The quantitative estimate of drug-likeness (QED) is 0.384. The zero-order valence-corrected chi connectivity index (χ0v) is 19.7. The number of sulfonamides is 1. The zero-order chi connectivity index (χ0) is 22.6. The van der Waals surface area contributed by atoms with Gasteiger partial charge in [0.05, 0.1) is 21.3 Å². The molecular weight excluding hydrogens is 482 g/mol. The lowest BCUT2D eigenvalue weighted by molar-refractivity contribution is -0.119. The molecule has 0 aliphatic rings. The van der Waals surface area contributed by atoms with Crippen molar-refractivity contribution in [3.63, 3.8) is 0 Å². The van der Waals surface area contributed by atoms with Crippen LogP contribution in [0.25, 0.3) is 0 Å². The molecule has 0 atom stereocenters.